The van der Waals surface area contributed by atoms with Crippen molar-refractivity contribution in [2.45, 2.75) is 16.2 Å². The Balaban J connectivity index is 2.73. The van der Waals surface area contributed by atoms with Crippen LogP contribution in [-0.4, -0.2) is 48.9 Å². The van der Waals surface area contributed by atoms with Crippen LogP contribution in [0.2, 0.25) is 0 Å². The molecule has 0 aliphatic carbocycles. The third-order valence-corrected chi connectivity index (χ3v) is 4.94. The topological polar surface area (TPSA) is 110 Å². The standard InChI is InChI=1S/C11H19N3O4S2/c1-14(2)9-3-8-13-20(17,18)11-6-4-10(5-7-11)19(12,15)16/h4-7,13H,3,8-9H2,1-2H3,(H2,12,15,16). The normalized spacial score (nSPS) is 12.8. The fourth-order valence-corrected chi connectivity index (χ4v) is 3.08. The van der Waals surface area contributed by atoms with Gasteiger partial charge in [-0.1, -0.05) is 0 Å². The van der Waals surface area contributed by atoms with Crippen molar-refractivity contribution in [3.05, 3.63) is 24.3 Å². The number of nitrogens with one attached hydrogen (secondary N) is 1. The molecular weight excluding hydrogens is 302 g/mol. The lowest BCUT2D eigenvalue weighted by atomic mass is 10.4. The second-order valence-electron chi connectivity index (χ2n) is 4.57. The van der Waals surface area contributed by atoms with Gasteiger partial charge in [0.25, 0.3) is 0 Å². The predicted octanol–water partition coefficient (Wildman–Crippen LogP) is -0.436. The molecule has 0 bridgehead atoms. The zero-order chi connectivity index (χ0) is 15.4. The lowest BCUT2D eigenvalue weighted by molar-refractivity contribution is 0.400. The maximum Gasteiger partial charge on any atom is 0.240 e. The molecule has 1 rings (SSSR count). The quantitative estimate of drug-likeness (QED) is 0.662. The van der Waals surface area contributed by atoms with Crippen LogP contribution in [0, 0.1) is 0 Å². The Labute approximate surface area is 119 Å². The van der Waals surface area contributed by atoms with Gasteiger partial charge in [0.15, 0.2) is 0 Å². The zero-order valence-electron chi connectivity index (χ0n) is 11.4. The third-order valence-electron chi connectivity index (χ3n) is 2.54. The third kappa shape index (κ3) is 5.17. The highest BCUT2D eigenvalue weighted by atomic mass is 32.2. The molecule has 0 radical (unpaired) electrons. The molecule has 3 N–H and O–H groups in total. The first-order valence-corrected chi connectivity index (χ1v) is 8.93. The Morgan fingerprint density at radius 2 is 1.55 bits per heavy atom. The minimum absolute atomic E-state index is 0.00903. The van der Waals surface area contributed by atoms with Gasteiger partial charge in [-0.15, -0.1) is 0 Å². The highest BCUT2D eigenvalue weighted by Crippen LogP contribution is 2.13. The number of rotatable bonds is 7. The Morgan fingerprint density at radius 1 is 1.05 bits per heavy atom. The van der Waals surface area contributed by atoms with E-state index in [1.54, 1.807) is 0 Å². The van der Waals surface area contributed by atoms with Crippen molar-refractivity contribution >= 4 is 20.0 Å². The number of nitrogens with two attached hydrogens (primary N) is 1. The molecule has 0 saturated carbocycles. The molecular formula is C11H19N3O4S2. The van der Waals surface area contributed by atoms with E-state index < -0.39 is 20.0 Å². The molecule has 114 valence electrons. The lowest BCUT2D eigenvalue weighted by Crippen LogP contribution is -2.27. The first-order chi connectivity index (χ1) is 9.13. The highest BCUT2D eigenvalue weighted by Gasteiger charge is 2.15. The van der Waals surface area contributed by atoms with E-state index in [9.17, 15) is 16.8 Å². The van der Waals surface area contributed by atoms with Gasteiger partial charge in [0.2, 0.25) is 20.0 Å². The van der Waals surface area contributed by atoms with Crippen molar-refractivity contribution < 1.29 is 16.8 Å². The molecule has 0 atom stereocenters. The van der Waals surface area contributed by atoms with E-state index >= 15 is 0 Å². The lowest BCUT2D eigenvalue weighted by Gasteiger charge is -2.10. The Kier molecular flexibility index (Phi) is 5.66. The maximum absolute atomic E-state index is 11.9. The average Bonchev–Trinajstić information content (AvgIpc) is 2.34. The largest absolute Gasteiger partial charge is 0.309 e. The van der Waals surface area contributed by atoms with Crippen LogP contribution in [0.15, 0.2) is 34.1 Å². The van der Waals surface area contributed by atoms with Gasteiger partial charge < -0.3 is 4.90 Å². The van der Waals surface area contributed by atoms with E-state index in [1.807, 2.05) is 19.0 Å². The van der Waals surface area contributed by atoms with Crippen LogP contribution in [0.5, 0.6) is 0 Å². The number of hydrogen-bond donors (Lipinski definition) is 2. The van der Waals surface area contributed by atoms with Crippen LogP contribution in [0.4, 0.5) is 0 Å². The minimum atomic E-state index is -3.82. The van der Waals surface area contributed by atoms with E-state index in [4.69, 9.17) is 5.14 Å². The van der Waals surface area contributed by atoms with Crippen LogP contribution in [0.25, 0.3) is 0 Å². The van der Waals surface area contributed by atoms with Gasteiger partial charge in [0, 0.05) is 6.54 Å². The molecule has 0 saturated heterocycles. The Morgan fingerprint density at radius 3 is 2.00 bits per heavy atom. The van der Waals surface area contributed by atoms with Gasteiger partial charge in [-0.05, 0) is 51.3 Å². The van der Waals surface area contributed by atoms with E-state index in [2.05, 4.69) is 4.72 Å². The van der Waals surface area contributed by atoms with Gasteiger partial charge >= 0.3 is 0 Å². The molecule has 0 aliphatic heterocycles. The molecule has 7 nitrogen and oxygen atoms in total. The Hall–Kier alpha value is -1.00. The van der Waals surface area contributed by atoms with Crippen LogP contribution < -0.4 is 9.86 Å². The molecule has 1 aromatic carbocycles. The number of sulfonamides is 2. The van der Waals surface area contributed by atoms with Crippen LogP contribution in [0.3, 0.4) is 0 Å². The summed E-state index contributed by atoms with van der Waals surface area (Å²) >= 11 is 0. The summed E-state index contributed by atoms with van der Waals surface area (Å²) in [5, 5.41) is 4.94. The van der Waals surface area contributed by atoms with Crippen molar-refractivity contribution in [2.24, 2.45) is 5.14 Å². The molecule has 0 amide bonds. The van der Waals surface area contributed by atoms with Gasteiger partial charge in [-0.25, -0.2) is 26.7 Å². The molecule has 9 heteroatoms. The van der Waals surface area contributed by atoms with Gasteiger partial charge in [-0.3, -0.25) is 0 Å². The first-order valence-electron chi connectivity index (χ1n) is 5.90. The summed E-state index contributed by atoms with van der Waals surface area (Å²) in [4.78, 5) is 1.84. The van der Waals surface area contributed by atoms with Crippen molar-refractivity contribution in [3.63, 3.8) is 0 Å². The fraction of sp³-hybridized carbons (Fsp3) is 0.455. The number of benzene rings is 1. The second-order valence-corrected chi connectivity index (χ2v) is 7.90. The molecule has 0 fully saturated rings. The molecule has 0 heterocycles. The van der Waals surface area contributed by atoms with Crippen molar-refractivity contribution in [2.75, 3.05) is 27.2 Å². The summed E-state index contributed by atoms with van der Waals surface area (Å²) in [5.41, 5.74) is 0. The summed E-state index contributed by atoms with van der Waals surface area (Å²) in [5.74, 6) is 0. The van der Waals surface area contributed by atoms with Crippen molar-refractivity contribution in [1.82, 2.24) is 9.62 Å². The van der Waals surface area contributed by atoms with E-state index in [1.165, 1.54) is 24.3 Å². The van der Waals surface area contributed by atoms with Crippen molar-refractivity contribution in [3.8, 4) is 0 Å². The summed E-state index contributed by atoms with van der Waals surface area (Å²) < 4.78 is 48.5. The maximum atomic E-state index is 11.9. The van der Waals surface area contributed by atoms with Gasteiger partial charge in [0.05, 0.1) is 9.79 Å². The predicted molar refractivity (Wildman–Crippen MR) is 76.2 cm³/mol. The van der Waals surface area contributed by atoms with Crippen LogP contribution in [0.1, 0.15) is 6.42 Å². The van der Waals surface area contributed by atoms with E-state index in [0.29, 0.717) is 13.0 Å². The average molecular weight is 321 g/mol. The van der Waals surface area contributed by atoms with Crippen LogP contribution in [-0.2, 0) is 20.0 Å². The SMILES string of the molecule is CN(C)CCCNS(=O)(=O)c1ccc(S(N)(=O)=O)cc1. The van der Waals surface area contributed by atoms with Gasteiger partial charge in [-0.2, -0.15) is 0 Å². The molecule has 1 aromatic rings. The summed E-state index contributed by atoms with van der Waals surface area (Å²) in [6.07, 6.45) is 0.682. The molecule has 0 aromatic heterocycles. The van der Waals surface area contributed by atoms with E-state index in [-0.39, 0.29) is 9.79 Å². The van der Waals surface area contributed by atoms with Gasteiger partial charge in [0.1, 0.15) is 0 Å². The van der Waals surface area contributed by atoms with E-state index in [0.717, 1.165) is 6.54 Å². The molecule has 0 spiro atoms. The van der Waals surface area contributed by atoms with Crippen LogP contribution >= 0.6 is 0 Å². The zero-order valence-corrected chi connectivity index (χ0v) is 13.0. The summed E-state index contributed by atoms with van der Waals surface area (Å²) in [6, 6.07) is 4.77. The number of nitrogens with zero attached hydrogens (tertiary/aromatic N) is 1. The molecule has 0 aliphatic rings. The fourth-order valence-electron chi connectivity index (χ4n) is 1.49. The summed E-state index contributed by atoms with van der Waals surface area (Å²) in [7, 11) is -3.63. The molecule has 20 heavy (non-hydrogen) atoms. The Bertz CT molecular complexity index is 637. The monoisotopic (exact) mass is 321 g/mol. The summed E-state index contributed by atoms with van der Waals surface area (Å²) in [6.45, 7) is 1.09. The molecule has 0 unspecified atom stereocenters. The minimum Gasteiger partial charge on any atom is -0.309 e. The highest BCUT2D eigenvalue weighted by molar-refractivity contribution is 7.89. The number of primary sulfonamides is 1. The number of hydrogen-bond acceptors (Lipinski definition) is 5. The smallest absolute Gasteiger partial charge is 0.240 e. The first kappa shape index (κ1) is 17.1. The van der Waals surface area contributed by atoms with Crippen molar-refractivity contribution in [1.29, 1.82) is 0 Å². The second kappa shape index (κ2) is 6.64.